The molecule has 0 heterocycles. The van der Waals surface area contributed by atoms with Gasteiger partial charge in [0.1, 0.15) is 0 Å². The van der Waals surface area contributed by atoms with E-state index in [4.69, 9.17) is 10.2 Å². The van der Waals surface area contributed by atoms with Crippen molar-refractivity contribution in [2.45, 2.75) is 45.8 Å². The third-order valence-electron chi connectivity index (χ3n) is 2.30. The molecule has 0 aromatic carbocycles. The van der Waals surface area contributed by atoms with Crippen LogP contribution < -0.4 is 5.32 Å². The van der Waals surface area contributed by atoms with Gasteiger partial charge in [-0.3, -0.25) is 4.79 Å². The minimum absolute atomic E-state index is 0.216. The lowest BCUT2D eigenvalue weighted by atomic mass is 10.0. The molecule has 1 amide bonds. The lowest BCUT2D eigenvalue weighted by Gasteiger charge is -2.18. The highest BCUT2D eigenvalue weighted by Crippen LogP contribution is 2.06. The first-order chi connectivity index (χ1) is 6.88. The molecule has 0 fully saturated rings. The molecule has 0 aliphatic carbocycles. The topological polar surface area (TPSA) is 86.6 Å². The van der Waals surface area contributed by atoms with E-state index in [0.717, 1.165) is 6.42 Å². The first-order valence-corrected chi connectivity index (χ1v) is 5.08. The van der Waals surface area contributed by atoms with Gasteiger partial charge in [-0.1, -0.05) is 20.3 Å². The van der Waals surface area contributed by atoms with Crippen molar-refractivity contribution in [3.8, 4) is 0 Å². The molecule has 0 saturated heterocycles. The fraction of sp³-hybridized carbons (Fsp3) is 0.800. The summed E-state index contributed by atoms with van der Waals surface area (Å²) in [7, 11) is 0. The summed E-state index contributed by atoms with van der Waals surface area (Å²) in [6, 6.07) is -1.22. The van der Waals surface area contributed by atoms with Gasteiger partial charge >= 0.3 is 5.97 Å². The summed E-state index contributed by atoms with van der Waals surface area (Å²) in [5.41, 5.74) is 0. The molecule has 3 N–H and O–H groups in total. The molecule has 0 aliphatic heterocycles. The van der Waals surface area contributed by atoms with Gasteiger partial charge in [0.05, 0.1) is 6.10 Å². The van der Waals surface area contributed by atoms with Crippen LogP contribution in [0.1, 0.15) is 33.6 Å². The number of carboxylic acids is 1. The van der Waals surface area contributed by atoms with E-state index in [9.17, 15) is 9.59 Å². The van der Waals surface area contributed by atoms with Crippen LogP contribution in [0.4, 0.5) is 0 Å². The molecule has 5 nitrogen and oxygen atoms in total. The summed E-state index contributed by atoms with van der Waals surface area (Å²) < 4.78 is 0. The van der Waals surface area contributed by atoms with Crippen LogP contribution in [0, 0.1) is 5.92 Å². The van der Waals surface area contributed by atoms with E-state index in [1.54, 1.807) is 0 Å². The van der Waals surface area contributed by atoms with Gasteiger partial charge < -0.3 is 15.5 Å². The summed E-state index contributed by atoms with van der Waals surface area (Å²) in [6.45, 7) is 5.21. The predicted octanol–water partition coefficient (Wildman–Crippen LogP) is 0.373. The first kappa shape index (κ1) is 13.9. The largest absolute Gasteiger partial charge is 0.480 e. The van der Waals surface area contributed by atoms with Crippen molar-refractivity contribution in [3.63, 3.8) is 0 Å². The van der Waals surface area contributed by atoms with Gasteiger partial charge in [-0.15, -0.1) is 0 Å². The van der Waals surface area contributed by atoms with Crippen LogP contribution in [0.15, 0.2) is 0 Å². The van der Waals surface area contributed by atoms with Gasteiger partial charge in [0, 0.05) is 6.42 Å². The third kappa shape index (κ3) is 5.37. The van der Waals surface area contributed by atoms with Crippen molar-refractivity contribution in [2.75, 3.05) is 0 Å². The van der Waals surface area contributed by atoms with Crippen molar-refractivity contribution < 1.29 is 19.8 Å². The Morgan fingerprint density at radius 2 is 1.87 bits per heavy atom. The Kier molecular flexibility index (Phi) is 5.93. The highest BCUT2D eigenvalue weighted by molar-refractivity contribution is 5.84. The molecule has 0 spiro atoms. The third-order valence-corrected chi connectivity index (χ3v) is 2.30. The smallest absolute Gasteiger partial charge is 0.328 e. The second-order valence-corrected chi connectivity index (χ2v) is 3.84. The first-order valence-electron chi connectivity index (χ1n) is 5.08. The van der Waals surface area contributed by atoms with E-state index in [1.807, 2.05) is 13.8 Å². The zero-order chi connectivity index (χ0) is 12.0. The Bertz CT molecular complexity index is 227. The van der Waals surface area contributed by atoms with Crippen molar-refractivity contribution in [2.24, 2.45) is 5.92 Å². The lowest BCUT2D eigenvalue weighted by Crippen LogP contribution is -2.47. The zero-order valence-electron chi connectivity index (χ0n) is 9.36. The van der Waals surface area contributed by atoms with E-state index < -0.39 is 18.1 Å². The van der Waals surface area contributed by atoms with Gasteiger partial charge in [-0.25, -0.2) is 4.79 Å². The molecule has 0 aromatic rings. The lowest BCUT2D eigenvalue weighted by molar-refractivity contribution is -0.144. The molecule has 0 aliphatic rings. The fourth-order valence-corrected chi connectivity index (χ4v) is 1.08. The van der Waals surface area contributed by atoms with Crippen LogP contribution in [-0.2, 0) is 9.59 Å². The van der Waals surface area contributed by atoms with Crippen molar-refractivity contribution in [1.82, 2.24) is 5.32 Å². The van der Waals surface area contributed by atoms with E-state index >= 15 is 0 Å². The molecule has 15 heavy (non-hydrogen) atoms. The van der Waals surface area contributed by atoms with Crippen LogP contribution in [0.2, 0.25) is 0 Å². The van der Waals surface area contributed by atoms with E-state index in [2.05, 4.69) is 5.32 Å². The highest BCUT2D eigenvalue weighted by Gasteiger charge is 2.25. The van der Waals surface area contributed by atoms with Crippen LogP contribution in [0.25, 0.3) is 0 Å². The predicted molar refractivity (Wildman–Crippen MR) is 55.3 cm³/mol. The summed E-state index contributed by atoms with van der Waals surface area (Å²) in [5.74, 6) is -1.34. The molecule has 0 rings (SSSR count). The second-order valence-electron chi connectivity index (χ2n) is 3.84. The average Bonchev–Trinajstić information content (AvgIpc) is 2.12. The number of amides is 1. The highest BCUT2D eigenvalue weighted by atomic mass is 16.4. The monoisotopic (exact) mass is 217 g/mol. The van der Waals surface area contributed by atoms with Crippen molar-refractivity contribution >= 4 is 11.9 Å². The minimum Gasteiger partial charge on any atom is -0.480 e. The van der Waals surface area contributed by atoms with Crippen molar-refractivity contribution in [3.05, 3.63) is 0 Å². The summed E-state index contributed by atoms with van der Waals surface area (Å²) in [5, 5.41) is 20.1. The van der Waals surface area contributed by atoms with E-state index in [0.29, 0.717) is 0 Å². The Hall–Kier alpha value is -1.10. The number of aliphatic hydroxyl groups excluding tert-OH is 1. The summed E-state index contributed by atoms with van der Waals surface area (Å²) in [6.07, 6.45) is 0.0516. The maximum atomic E-state index is 11.3. The molecular weight excluding hydrogens is 198 g/mol. The number of aliphatic hydroxyl groups is 1. The van der Waals surface area contributed by atoms with Crippen LogP contribution in [0.5, 0.6) is 0 Å². The number of hydrogen-bond donors (Lipinski definition) is 3. The Morgan fingerprint density at radius 3 is 2.20 bits per heavy atom. The van der Waals surface area contributed by atoms with Gasteiger partial charge in [0.15, 0.2) is 6.04 Å². The molecule has 5 heteroatoms. The second kappa shape index (κ2) is 6.40. The Labute approximate surface area is 89.5 Å². The van der Waals surface area contributed by atoms with Crippen molar-refractivity contribution in [1.29, 1.82) is 0 Å². The standard InChI is InChI=1S/C10H19NO4/c1-4-6(2)5-8(13)11-9(7(3)12)10(14)15/h6-7,9,12H,4-5H2,1-3H3,(H,11,13)(H,14,15). The molecule has 3 unspecified atom stereocenters. The van der Waals surface area contributed by atoms with Crippen LogP contribution in [0.3, 0.4) is 0 Å². The van der Waals surface area contributed by atoms with E-state index in [1.165, 1.54) is 6.92 Å². The quantitative estimate of drug-likeness (QED) is 0.600. The SMILES string of the molecule is CCC(C)CC(=O)NC(C(=O)O)C(C)O. The summed E-state index contributed by atoms with van der Waals surface area (Å²) in [4.78, 5) is 22.0. The molecule has 3 atom stereocenters. The number of rotatable bonds is 6. The van der Waals surface area contributed by atoms with Gasteiger partial charge in [0.2, 0.25) is 5.91 Å². The number of hydrogen-bond acceptors (Lipinski definition) is 3. The van der Waals surface area contributed by atoms with Gasteiger partial charge in [0.25, 0.3) is 0 Å². The number of carbonyl (C=O) groups excluding carboxylic acids is 1. The van der Waals surface area contributed by atoms with Gasteiger partial charge in [-0.05, 0) is 12.8 Å². The normalized spacial score (nSPS) is 16.5. The number of aliphatic carboxylic acids is 1. The number of nitrogens with one attached hydrogen (secondary N) is 1. The molecule has 88 valence electrons. The molecular formula is C10H19NO4. The average molecular weight is 217 g/mol. The maximum absolute atomic E-state index is 11.3. The molecule has 0 radical (unpaired) electrons. The van der Waals surface area contributed by atoms with Gasteiger partial charge in [-0.2, -0.15) is 0 Å². The molecule has 0 saturated carbocycles. The Balaban J connectivity index is 4.18. The number of carboxylic acid groups (broad SMARTS) is 1. The maximum Gasteiger partial charge on any atom is 0.328 e. The zero-order valence-corrected chi connectivity index (χ0v) is 9.36. The van der Waals surface area contributed by atoms with E-state index in [-0.39, 0.29) is 18.2 Å². The minimum atomic E-state index is -1.22. The Morgan fingerprint density at radius 1 is 1.33 bits per heavy atom. The van der Waals surface area contributed by atoms with Crippen LogP contribution in [-0.4, -0.2) is 34.2 Å². The summed E-state index contributed by atoms with van der Waals surface area (Å²) >= 11 is 0. The molecule has 0 bridgehead atoms. The van der Waals surface area contributed by atoms with Crippen LogP contribution >= 0.6 is 0 Å². The number of carbonyl (C=O) groups is 2. The fourth-order valence-electron chi connectivity index (χ4n) is 1.08. The molecule has 0 aromatic heterocycles.